The Bertz CT molecular complexity index is 688. The van der Waals surface area contributed by atoms with Gasteiger partial charge in [-0.3, -0.25) is 9.59 Å². The van der Waals surface area contributed by atoms with Crippen molar-refractivity contribution in [2.45, 2.75) is 6.42 Å². The van der Waals surface area contributed by atoms with Gasteiger partial charge in [0.25, 0.3) is 0 Å². The van der Waals surface area contributed by atoms with Crippen LogP contribution in [0.5, 0.6) is 0 Å². The van der Waals surface area contributed by atoms with Crippen molar-refractivity contribution in [2.24, 2.45) is 5.73 Å². The summed E-state index contributed by atoms with van der Waals surface area (Å²) in [7, 11) is 1.73. The number of primary amides is 1. The van der Waals surface area contributed by atoms with Crippen molar-refractivity contribution in [1.29, 1.82) is 0 Å². The van der Waals surface area contributed by atoms with Crippen molar-refractivity contribution in [2.75, 3.05) is 17.7 Å². The van der Waals surface area contributed by atoms with E-state index in [1.54, 1.807) is 13.1 Å². The number of halogens is 1. The molecule has 2 rings (SSSR count). The zero-order valence-corrected chi connectivity index (χ0v) is 12.6. The summed E-state index contributed by atoms with van der Waals surface area (Å²) in [5.74, 6) is -0.872. The number of nitrogens with zero attached hydrogens (tertiary/aromatic N) is 2. The highest BCUT2D eigenvalue weighted by Gasteiger charge is 2.11. The SMILES string of the molecule is CNc1nnc(CC(=O)Nc2ccc(C(N)=O)c(Cl)c2)s1. The van der Waals surface area contributed by atoms with Gasteiger partial charge in [-0.15, -0.1) is 10.2 Å². The molecule has 0 unspecified atom stereocenters. The summed E-state index contributed by atoms with van der Waals surface area (Å²) in [6, 6.07) is 4.49. The Morgan fingerprint density at radius 1 is 1.38 bits per heavy atom. The van der Waals surface area contributed by atoms with Crippen LogP contribution in [0.25, 0.3) is 0 Å². The van der Waals surface area contributed by atoms with E-state index in [0.717, 1.165) is 0 Å². The van der Waals surface area contributed by atoms with Crippen molar-refractivity contribution in [1.82, 2.24) is 10.2 Å². The summed E-state index contributed by atoms with van der Waals surface area (Å²) in [6.45, 7) is 0. The zero-order valence-electron chi connectivity index (χ0n) is 11.0. The Morgan fingerprint density at radius 3 is 2.71 bits per heavy atom. The monoisotopic (exact) mass is 325 g/mol. The van der Waals surface area contributed by atoms with Gasteiger partial charge in [-0.2, -0.15) is 0 Å². The highest BCUT2D eigenvalue weighted by atomic mass is 35.5. The van der Waals surface area contributed by atoms with Gasteiger partial charge in [0.2, 0.25) is 16.9 Å². The molecule has 0 spiro atoms. The third-order valence-corrected chi connectivity index (χ3v) is 3.76. The smallest absolute Gasteiger partial charge is 0.250 e. The molecule has 2 aromatic rings. The number of nitrogens with two attached hydrogens (primary N) is 1. The molecule has 1 heterocycles. The maximum Gasteiger partial charge on any atom is 0.250 e. The van der Waals surface area contributed by atoms with Gasteiger partial charge >= 0.3 is 0 Å². The first-order valence-electron chi connectivity index (χ1n) is 5.89. The van der Waals surface area contributed by atoms with Crippen LogP contribution in [0, 0.1) is 0 Å². The molecule has 1 aromatic carbocycles. The lowest BCUT2D eigenvalue weighted by atomic mass is 10.2. The van der Waals surface area contributed by atoms with Gasteiger partial charge in [0, 0.05) is 12.7 Å². The van der Waals surface area contributed by atoms with Crippen molar-refractivity contribution in [3.05, 3.63) is 33.8 Å². The summed E-state index contributed by atoms with van der Waals surface area (Å²) < 4.78 is 0. The van der Waals surface area contributed by atoms with Crippen LogP contribution in [0.4, 0.5) is 10.8 Å². The van der Waals surface area contributed by atoms with E-state index in [4.69, 9.17) is 17.3 Å². The molecule has 0 aliphatic heterocycles. The molecule has 7 nitrogen and oxygen atoms in total. The Balaban J connectivity index is 2.02. The minimum absolute atomic E-state index is 0.106. The second-order valence-corrected chi connectivity index (χ2v) is 5.50. The number of amides is 2. The van der Waals surface area contributed by atoms with Crippen molar-refractivity contribution in [3.8, 4) is 0 Å². The fraction of sp³-hybridized carbons (Fsp3) is 0.167. The number of carbonyl (C=O) groups is 2. The van der Waals surface area contributed by atoms with E-state index in [0.29, 0.717) is 15.8 Å². The third kappa shape index (κ3) is 3.89. The molecular weight excluding hydrogens is 314 g/mol. The average molecular weight is 326 g/mol. The van der Waals surface area contributed by atoms with E-state index in [-0.39, 0.29) is 22.9 Å². The van der Waals surface area contributed by atoms with Crippen molar-refractivity contribution in [3.63, 3.8) is 0 Å². The molecule has 2 amide bonds. The normalized spacial score (nSPS) is 10.2. The molecule has 0 saturated heterocycles. The largest absolute Gasteiger partial charge is 0.366 e. The number of nitrogens with one attached hydrogen (secondary N) is 2. The number of hydrogen-bond donors (Lipinski definition) is 3. The molecular formula is C12H12ClN5O2S. The predicted octanol–water partition coefficient (Wildman–Crippen LogP) is 1.51. The summed E-state index contributed by atoms with van der Waals surface area (Å²) in [5.41, 5.74) is 5.84. The fourth-order valence-corrected chi connectivity index (χ4v) is 2.53. The van der Waals surface area contributed by atoms with Gasteiger partial charge in [-0.25, -0.2) is 0 Å². The van der Waals surface area contributed by atoms with Gasteiger partial charge in [0.15, 0.2) is 0 Å². The fourth-order valence-electron chi connectivity index (χ4n) is 1.56. The van der Waals surface area contributed by atoms with Crippen LogP contribution in [0.2, 0.25) is 5.02 Å². The molecule has 9 heteroatoms. The summed E-state index contributed by atoms with van der Waals surface area (Å²) in [5, 5.41) is 14.7. The minimum atomic E-state index is -0.619. The standard InChI is InChI=1S/C12H12ClN5O2S/c1-15-12-18-17-10(21-12)5-9(19)16-6-2-3-7(11(14)20)8(13)4-6/h2-4H,5H2,1H3,(H2,14,20)(H,15,18)(H,16,19). The van der Waals surface area contributed by atoms with Crippen LogP contribution < -0.4 is 16.4 Å². The lowest BCUT2D eigenvalue weighted by Crippen LogP contribution is -2.15. The number of benzene rings is 1. The molecule has 4 N–H and O–H groups in total. The quantitative estimate of drug-likeness (QED) is 0.772. The number of anilines is 2. The van der Waals surface area contributed by atoms with Crippen LogP contribution in [-0.2, 0) is 11.2 Å². The van der Waals surface area contributed by atoms with Crippen molar-refractivity contribution < 1.29 is 9.59 Å². The molecule has 0 fully saturated rings. The molecule has 21 heavy (non-hydrogen) atoms. The minimum Gasteiger partial charge on any atom is -0.366 e. The van der Waals surface area contributed by atoms with Crippen molar-refractivity contribution >= 4 is 45.6 Å². The Labute approximate surface area is 129 Å². The summed E-state index contributed by atoms with van der Waals surface area (Å²) in [6.07, 6.45) is 0.106. The van der Waals surface area contributed by atoms with E-state index >= 15 is 0 Å². The number of aromatic nitrogens is 2. The van der Waals surface area contributed by atoms with Crippen LogP contribution in [-0.4, -0.2) is 29.1 Å². The topological polar surface area (TPSA) is 110 Å². The maximum atomic E-state index is 11.9. The lowest BCUT2D eigenvalue weighted by Gasteiger charge is -2.06. The molecule has 0 saturated carbocycles. The molecule has 110 valence electrons. The van der Waals surface area contributed by atoms with E-state index in [2.05, 4.69) is 20.8 Å². The van der Waals surface area contributed by atoms with Gasteiger partial charge in [0.1, 0.15) is 5.01 Å². The highest BCUT2D eigenvalue weighted by molar-refractivity contribution is 7.15. The molecule has 1 aromatic heterocycles. The number of rotatable bonds is 5. The van der Waals surface area contributed by atoms with E-state index in [1.807, 2.05) is 0 Å². The predicted molar refractivity (Wildman–Crippen MR) is 81.8 cm³/mol. The van der Waals surface area contributed by atoms with E-state index in [1.165, 1.54) is 23.5 Å². The average Bonchev–Trinajstić information content (AvgIpc) is 2.85. The zero-order chi connectivity index (χ0) is 15.4. The van der Waals surface area contributed by atoms with Gasteiger partial charge in [-0.1, -0.05) is 22.9 Å². The molecule has 0 radical (unpaired) electrons. The van der Waals surface area contributed by atoms with E-state index in [9.17, 15) is 9.59 Å². The number of hydrogen-bond acceptors (Lipinski definition) is 6. The highest BCUT2D eigenvalue weighted by Crippen LogP contribution is 2.21. The maximum absolute atomic E-state index is 11.9. The van der Waals surface area contributed by atoms with Crippen LogP contribution >= 0.6 is 22.9 Å². The first-order chi connectivity index (χ1) is 9.99. The Hall–Kier alpha value is -2.19. The Kier molecular flexibility index (Phi) is 4.71. The number of carbonyl (C=O) groups excluding carboxylic acids is 2. The van der Waals surface area contributed by atoms with E-state index < -0.39 is 5.91 Å². The van der Waals surface area contributed by atoms with Gasteiger partial charge in [0.05, 0.1) is 17.0 Å². The summed E-state index contributed by atoms with van der Waals surface area (Å²) >= 11 is 7.21. The van der Waals surface area contributed by atoms with Crippen LogP contribution in [0.15, 0.2) is 18.2 Å². The molecule has 0 aliphatic carbocycles. The van der Waals surface area contributed by atoms with Gasteiger partial charge in [-0.05, 0) is 18.2 Å². The van der Waals surface area contributed by atoms with Crippen LogP contribution in [0.3, 0.4) is 0 Å². The molecule has 0 aliphatic rings. The van der Waals surface area contributed by atoms with Crippen LogP contribution in [0.1, 0.15) is 15.4 Å². The first-order valence-corrected chi connectivity index (χ1v) is 7.08. The van der Waals surface area contributed by atoms with Gasteiger partial charge < -0.3 is 16.4 Å². The summed E-state index contributed by atoms with van der Waals surface area (Å²) in [4.78, 5) is 22.9. The lowest BCUT2D eigenvalue weighted by molar-refractivity contribution is -0.115. The Morgan fingerprint density at radius 2 is 2.14 bits per heavy atom. The molecule has 0 bridgehead atoms. The first kappa shape index (κ1) is 15.2. The second kappa shape index (κ2) is 6.51. The molecule has 0 atom stereocenters. The second-order valence-electron chi connectivity index (χ2n) is 4.03. The third-order valence-electron chi connectivity index (χ3n) is 2.51.